The summed E-state index contributed by atoms with van der Waals surface area (Å²) in [5.41, 5.74) is 2.30. The molecule has 3 rings (SSSR count). The molecule has 2 aromatic rings. The Morgan fingerprint density at radius 1 is 1.36 bits per heavy atom. The van der Waals surface area contributed by atoms with Gasteiger partial charge in [-0.1, -0.05) is 24.3 Å². The third kappa shape index (κ3) is 7.27. The number of thiophene rings is 1. The zero-order chi connectivity index (χ0) is 23.6. The molecule has 0 spiro atoms. The molecule has 1 aliphatic rings. The van der Waals surface area contributed by atoms with Crippen LogP contribution in [0.2, 0.25) is 0 Å². The molecule has 0 bridgehead atoms. The standard InChI is InChI=1S/C26H34N2O4S/c1-4-11-27(16-21(29)18-31-13-5-2)17-26(30)28-12-9-25-23(10-14-33-25)24(28)19-32-22-8-6-7-20(3)15-22/h4-8,10,14-15,21,24,29H,1-2,9,11-13,16-19H2,3H3/t21-,24+/m1/s1. The lowest BCUT2D eigenvalue weighted by molar-refractivity contribution is -0.136. The monoisotopic (exact) mass is 470 g/mol. The van der Waals surface area contributed by atoms with Crippen molar-refractivity contribution in [3.8, 4) is 5.75 Å². The van der Waals surface area contributed by atoms with Crippen molar-refractivity contribution in [1.82, 2.24) is 9.80 Å². The van der Waals surface area contributed by atoms with Crippen molar-refractivity contribution in [1.29, 1.82) is 0 Å². The maximum Gasteiger partial charge on any atom is 0.237 e. The smallest absolute Gasteiger partial charge is 0.237 e. The Labute approximate surface area is 200 Å². The quantitative estimate of drug-likeness (QED) is 0.358. The van der Waals surface area contributed by atoms with E-state index in [0.717, 1.165) is 17.7 Å². The van der Waals surface area contributed by atoms with E-state index in [9.17, 15) is 9.90 Å². The summed E-state index contributed by atoms with van der Waals surface area (Å²) in [6.45, 7) is 12.1. The molecule has 0 saturated heterocycles. The normalized spacial score (nSPS) is 16.3. The maximum atomic E-state index is 13.4. The molecule has 0 aliphatic carbocycles. The van der Waals surface area contributed by atoms with Crippen LogP contribution in [-0.4, -0.2) is 72.9 Å². The Hall–Kier alpha value is -2.45. The lowest BCUT2D eigenvalue weighted by Gasteiger charge is -2.37. The second-order valence-electron chi connectivity index (χ2n) is 8.24. The van der Waals surface area contributed by atoms with Crippen molar-refractivity contribution in [2.24, 2.45) is 0 Å². The van der Waals surface area contributed by atoms with Crippen molar-refractivity contribution in [3.63, 3.8) is 0 Å². The van der Waals surface area contributed by atoms with Gasteiger partial charge in [0.1, 0.15) is 12.4 Å². The van der Waals surface area contributed by atoms with Crippen LogP contribution < -0.4 is 4.74 Å². The van der Waals surface area contributed by atoms with Gasteiger partial charge < -0.3 is 19.5 Å². The molecule has 1 aliphatic heterocycles. The SMILES string of the molecule is C=CCOC[C@H](O)CN(CC=C)CC(=O)N1CCc2sccc2[C@@H]1COc1cccc(C)c1. The first kappa shape index (κ1) is 25.2. The second kappa shape index (κ2) is 12.7. The predicted molar refractivity (Wildman–Crippen MR) is 133 cm³/mol. The number of carbonyl (C=O) groups is 1. The molecule has 1 amide bonds. The van der Waals surface area contributed by atoms with E-state index >= 15 is 0 Å². The van der Waals surface area contributed by atoms with Gasteiger partial charge in [-0.2, -0.15) is 0 Å². The highest BCUT2D eigenvalue weighted by atomic mass is 32.1. The predicted octanol–water partition coefficient (Wildman–Crippen LogP) is 3.61. The summed E-state index contributed by atoms with van der Waals surface area (Å²) in [6, 6.07) is 9.92. The number of carbonyl (C=O) groups excluding carboxylic acids is 1. The Morgan fingerprint density at radius 2 is 2.21 bits per heavy atom. The van der Waals surface area contributed by atoms with Crippen LogP contribution in [0, 0.1) is 6.92 Å². The number of fused-ring (bicyclic) bond motifs is 1. The molecule has 2 atom stereocenters. The van der Waals surface area contributed by atoms with Crippen molar-refractivity contribution < 1.29 is 19.4 Å². The van der Waals surface area contributed by atoms with E-state index in [2.05, 4.69) is 24.6 Å². The van der Waals surface area contributed by atoms with Crippen molar-refractivity contribution >= 4 is 17.2 Å². The van der Waals surface area contributed by atoms with Gasteiger partial charge in [0.2, 0.25) is 5.91 Å². The molecule has 1 N–H and O–H groups in total. The lowest BCUT2D eigenvalue weighted by atomic mass is 10.0. The summed E-state index contributed by atoms with van der Waals surface area (Å²) in [7, 11) is 0. The summed E-state index contributed by atoms with van der Waals surface area (Å²) < 4.78 is 11.5. The minimum absolute atomic E-state index is 0.0192. The Kier molecular flexibility index (Phi) is 9.69. The van der Waals surface area contributed by atoms with Gasteiger partial charge in [-0.25, -0.2) is 0 Å². The van der Waals surface area contributed by atoms with Gasteiger partial charge >= 0.3 is 0 Å². The average Bonchev–Trinajstić information content (AvgIpc) is 3.27. The molecule has 2 heterocycles. The van der Waals surface area contributed by atoms with Crippen molar-refractivity contribution in [3.05, 3.63) is 77.0 Å². The minimum Gasteiger partial charge on any atom is -0.491 e. The van der Waals surface area contributed by atoms with Crippen LogP contribution in [-0.2, 0) is 16.0 Å². The molecule has 6 nitrogen and oxygen atoms in total. The minimum atomic E-state index is -0.692. The third-order valence-electron chi connectivity index (χ3n) is 5.57. The molecule has 0 unspecified atom stereocenters. The van der Waals surface area contributed by atoms with Crippen LogP contribution in [0.5, 0.6) is 5.75 Å². The van der Waals surface area contributed by atoms with Gasteiger partial charge in [-0.3, -0.25) is 9.69 Å². The zero-order valence-corrected chi connectivity index (χ0v) is 20.1. The van der Waals surface area contributed by atoms with Crippen LogP contribution in [0.15, 0.2) is 61.0 Å². The molecule has 1 aromatic heterocycles. The van der Waals surface area contributed by atoms with E-state index in [1.54, 1.807) is 23.5 Å². The molecule has 0 fully saturated rings. The fraction of sp³-hybridized carbons (Fsp3) is 0.423. The number of hydrogen-bond acceptors (Lipinski definition) is 6. The summed E-state index contributed by atoms with van der Waals surface area (Å²) >= 11 is 1.74. The van der Waals surface area contributed by atoms with Gasteiger partial charge in [0, 0.05) is 24.5 Å². The van der Waals surface area contributed by atoms with E-state index in [-0.39, 0.29) is 25.1 Å². The molecule has 178 valence electrons. The Bertz CT molecular complexity index is 929. The van der Waals surface area contributed by atoms with Gasteiger partial charge in [-0.15, -0.1) is 24.5 Å². The van der Waals surface area contributed by atoms with Crippen LogP contribution in [0.4, 0.5) is 0 Å². The topological polar surface area (TPSA) is 62.2 Å². The highest BCUT2D eigenvalue weighted by molar-refractivity contribution is 7.10. The van der Waals surface area contributed by atoms with E-state index in [1.807, 2.05) is 41.0 Å². The number of aryl methyl sites for hydroxylation is 1. The summed E-state index contributed by atoms with van der Waals surface area (Å²) in [5, 5.41) is 12.4. The number of amides is 1. The number of aliphatic hydroxyl groups is 1. The van der Waals surface area contributed by atoms with E-state index in [1.165, 1.54) is 10.4 Å². The molecule has 0 saturated carbocycles. The highest BCUT2D eigenvalue weighted by Crippen LogP contribution is 2.34. The summed E-state index contributed by atoms with van der Waals surface area (Å²) in [4.78, 5) is 18.5. The van der Waals surface area contributed by atoms with Gasteiger partial charge in [0.05, 0.1) is 31.9 Å². The number of benzene rings is 1. The van der Waals surface area contributed by atoms with Crippen LogP contribution in [0.1, 0.15) is 22.0 Å². The van der Waals surface area contributed by atoms with Gasteiger partial charge in [-0.05, 0) is 48.1 Å². The largest absolute Gasteiger partial charge is 0.491 e. The van der Waals surface area contributed by atoms with Crippen LogP contribution in [0.3, 0.4) is 0 Å². The second-order valence-corrected chi connectivity index (χ2v) is 9.24. The lowest BCUT2D eigenvalue weighted by Crippen LogP contribution is -2.48. The van der Waals surface area contributed by atoms with Gasteiger partial charge in [0.25, 0.3) is 0 Å². The molecule has 7 heteroatoms. The van der Waals surface area contributed by atoms with Crippen molar-refractivity contribution in [2.75, 3.05) is 46.0 Å². The molecule has 33 heavy (non-hydrogen) atoms. The molecular formula is C26H34N2O4S. The summed E-state index contributed by atoms with van der Waals surface area (Å²) in [5.74, 6) is 0.825. The molecule has 0 radical (unpaired) electrons. The average molecular weight is 471 g/mol. The first-order valence-corrected chi connectivity index (χ1v) is 12.1. The molecular weight excluding hydrogens is 436 g/mol. The Balaban J connectivity index is 1.67. The van der Waals surface area contributed by atoms with Crippen molar-refractivity contribution in [2.45, 2.75) is 25.5 Å². The van der Waals surface area contributed by atoms with E-state index in [4.69, 9.17) is 9.47 Å². The molecule has 1 aromatic carbocycles. The fourth-order valence-corrected chi connectivity index (χ4v) is 4.99. The number of hydrogen-bond donors (Lipinski definition) is 1. The number of ether oxygens (including phenoxy) is 2. The fourth-order valence-electron chi connectivity index (χ4n) is 4.06. The van der Waals surface area contributed by atoms with Crippen LogP contribution >= 0.6 is 11.3 Å². The first-order valence-electron chi connectivity index (χ1n) is 11.3. The van der Waals surface area contributed by atoms with Crippen LogP contribution in [0.25, 0.3) is 0 Å². The van der Waals surface area contributed by atoms with E-state index in [0.29, 0.717) is 32.8 Å². The van der Waals surface area contributed by atoms with E-state index < -0.39 is 6.10 Å². The number of aliphatic hydroxyl groups excluding tert-OH is 1. The first-order chi connectivity index (χ1) is 16.0. The maximum absolute atomic E-state index is 13.4. The third-order valence-corrected chi connectivity index (χ3v) is 6.57. The van der Waals surface area contributed by atoms with Gasteiger partial charge in [0.15, 0.2) is 0 Å². The number of rotatable bonds is 13. The zero-order valence-electron chi connectivity index (χ0n) is 19.3. The number of nitrogens with zero attached hydrogens (tertiary/aromatic N) is 2. The summed E-state index contributed by atoms with van der Waals surface area (Å²) in [6.07, 6.45) is 3.55. The Morgan fingerprint density at radius 3 is 2.97 bits per heavy atom. The highest BCUT2D eigenvalue weighted by Gasteiger charge is 2.33.